The van der Waals surface area contributed by atoms with E-state index in [1.165, 1.54) is 0 Å². The predicted molar refractivity (Wildman–Crippen MR) is 78.1 cm³/mol. The first kappa shape index (κ1) is 15.3. The zero-order valence-electron chi connectivity index (χ0n) is 12.5. The highest BCUT2D eigenvalue weighted by Gasteiger charge is 2.39. The Morgan fingerprint density at radius 3 is 2.57 bits per heavy atom. The lowest BCUT2D eigenvalue weighted by Crippen LogP contribution is -2.45. The Bertz CT molecular complexity index is 532. The molecule has 7 nitrogen and oxygen atoms in total. The third-order valence-electron chi connectivity index (χ3n) is 4.11. The van der Waals surface area contributed by atoms with Crippen molar-refractivity contribution in [3.63, 3.8) is 0 Å². The van der Waals surface area contributed by atoms with Crippen LogP contribution in [0.5, 0.6) is 0 Å². The molecule has 0 radical (unpaired) electrons. The number of carbonyl (C=O) groups is 2. The molecule has 0 atom stereocenters. The van der Waals surface area contributed by atoms with Crippen molar-refractivity contribution in [1.29, 1.82) is 0 Å². The highest BCUT2D eigenvalue weighted by molar-refractivity contribution is 5.90. The Morgan fingerprint density at radius 1 is 1.38 bits per heavy atom. The number of nitrogens with zero attached hydrogens (tertiary/aromatic N) is 2. The monoisotopic (exact) mass is 294 g/mol. The van der Waals surface area contributed by atoms with Crippen LogP contribution >= 0.6 is 0 Å². The number of urea groups is 1. The molecule has 1 aromatic heterocycles. The van der Waals surface area contributed by atoms with Gasteiger partial charge in [-0.1, -0.05) is 19.3 Å². The van der Waals surface area contributed by atoms with E-state index in [9.17, 15) is 14.7 Å². The molecular formula is C14H22N4O3. The van der Waals surface area contributed by atoms with Gasteiger partial charge in [0.2, 0.25) is 0 Å². The fraction of sp³-hybridized carbons (Fsp3) is 0.643. The predicted octanol–water partition coefficient (Wildman–Crippen LogP) is 1.89. The van der Waals surface area contributed by atoms with Gasteiger partial charge in [0.1, 0.15) is 0 Å². The molecule has 2 amide bonds. The van der Waals surface area contributed by atoms with E-state index < -0.39 is 17.4 Å². The molecule has 1 aromatic rings. The highest BCUT2D eigenvalue weighted by atomic mass is 16.4. The Hall–Kier alpha value is -2.05. The average molecular weight is 294 g/mol. The smallest absolute Gasteiger partial charge is 0.319 e. The maximum Gasteiger partial charge on any atom is 0.319 e. The number of aliphatic carboxylic acids is 1. The number of carboxylic acids is 1. The van der Waals surface area contributed by atoms with Gasteiger partial charge >= 0.3 is 12.0 Å². The number of rotatable bonds is 4. The van der Waals surface area contributed by atoms with E-state index in [4.69, 9.17) is 0 Å². The molecule has 0 unspecified atom stereocenters. The SMILES string of the molecule is Cc1nn(C)cc1NC(=O)NCC1(C(=O)O)CCCCC1. The fourth-order valence-electron chi connectivity index (χ4n) is 2.83. The second kappa shape index (κ2) is 6.15. The molecule has 0 bridgehead atoms. The van der Waals surface area contributed by atoms with Gasteiger partial charge < -0.3 is 15.7 Å². The maximum atomic E-state index is 11.9. The van der Waals surface area contributed by atoms with Crippen LogP contribution in [0.1, 0.15) is 37.8 Å². The standard InChI is InChI=1S/C14H22N4O3/c1-10-11(8-18(2)17-10)16-13(21)15-9-14(12(19)20)6-4-3-5-7-14/h8H,3-7,9H2,1-2H3,(H,19,20)(H2,15,16,21). The molecule has 1 heterocycles. The molecule has 2 rings (SSSR count). The zero-order chi connectivity index (χ0) is 15.5. The molecule has 1 aliphatic rings. The summed E-state index contributed by atoms with van der Waals surface area (Å²) in [7, 11) is 1.78. The van der Waals surface area contributed by atoms with Crippen LogP contribution in [0.3, 0.4) is 0 Å². The Morgan fingerprint density at radius 2 is 2.05 bits per heavy atom. The van der Waals surface area contributed by atoms with E-state index in [0.717, 1.165) is 25.0 Å². The molecule has 116 valence electrons. The van der Waals surface area contributed by atoms with Crippen LogP contribution in [0.2, 0.25) is 0 Å². The molecule has 0 aliphatic heterocycles. The van der Waals surface area contributed by atoms with Gasteiger partial charge in [-0.3, -0.25) is 9.48 Å². The summed E-state index contributed by atoms with van der Waals surface area (Å²) in [5.74, 6) is -0.819. The summed E-state index contributed by atoms with van der Waals surface area (Å²) >= 11 is 0. The van der Waals surface area contributed by atoms with E-state index in [0.29, 0.717) is 18.5 Å². The number of anilines is 1. The lowest BCUT2D eigenvalue weighted by Gasteiger charge is -2.33. The molecule has 21 heavy (non-hydrogen) atoms. The van der Waals surface area contributed by atoms with Crippen LogP contribution in [0.15, 0.2) is 6.20 Å². The molecule has 3 N–H and O–H groups in total. The number of aryl methyl sites for hydroxylation is 2. The highest BCUT2D eigenvalue weighted by Crippen LogP contribution is 2.36. The summed E-state index contributed by atoms with van der Waals surface area (Å²) in [5, 5.41) is 19.0. The first-order valence-electron chi connectivity index (χ1n) is 7.21. The van der Waals surface area contributed by atoms with Crippen molar-refractivity contribution in [3.8, 4) is 0 Å². The van der Waals surface area contributed by atoms with E-state index in [2.05, 4.69) is 15.7 Å². The number of carboxylic acid groups (broad SMARTS) is 1. The summed E-state index contributed by atoms with van der Waals surface area (Å²) < 4.78 is 1.62. The summed E-state index contributed by atoms with van der Waals surface area (Å²) in [5.41, 5.74) is 0.529. The van der Waals surface area contributed by atoms with Gasteiger partial charge in [-0.05, 0) is 19.8 Å². The largest absolute Gasteiger partial charge is 0.481 e. The molecule has 7 heteroatoms. The molecule has 1 saturated carbocycles. The van der Waals surface area contributed by atoms with E-state index in [-0.39, 0.29) is 6.54 Å². The van der Waals surface area contributed by atoms with Crippen LogP contribution in [0.4, 0.5) is 10.5 Å². The second-order valence-electron chi connectivity index (χ2n) is 5.76. The van der Waals surface area contributed by atoms with E-state index in [1.807, 2.05) is 0 Å². The Kier molecular flexibility index (Phi) is 4.50. The first-order valence-corrected chi connectivity index (χ1v) is 7.21. The maximum absolute atomic E-state index is 11.9. The third-order valence-corrected chi connectivity index (χ3v) is 4.11. The number of hydrogen-bond acceptors (Lipinski definition) is 3. The Balaban J connectivity index is 1.93. The fourth-order valence-corrected chi connectivity index (χ4v) is 2.83. The van der Waals surface area contributed by atoms with Gasteiger partial charge in [0.25, 0.3) is 0 Å². The first-order chi connectivity index (χ1) is 9.93. The van der Waals surface area contributed by atoms with Crippen molar-refractivity contribution in [2.45, 2.75) is 39.0 Å². The van der Waals surface area contributed by atoms with E-state index >= 15 is 0 Å². The second-order valence-corrected chi connectivity index (χ2v) is 5.76. The van der Waals surface area contributed by atoms with Crippen molar-refractivity contribution in [3.05, 3.63) is 11.9 Å². The molecule has 0 aromatic carbocycles. The van der Waals surface area contributed by atoms with Crippen LogP contribution in [0.25, 0.3) is 0 Å². The lowest BCUT2D eigenvalue weighted by atomic mass is 9.74. The third kappa shape index (κ3) is 3.53. The summed E-state index contributed by atoms with van der Waals surface area (Å²) in [6.45, 7) is 1.96. The number of nitrogens with one attached hydrogen (secondary N) is 2. The normalized spacial score (nSPS) is 17.2. The van der Waals surface area contributed by atoms with Gasteiger partial charge in [0, 0.05) is 19.8 Å². The molecule has 1 fully saturated rings. The minimum absolute atomic E-state index is 0.160. The lowest BCUT2D eigenvalue weighted by molar-refractivity contribution is -0.150. The van der Waals surface area contributed by atoms with Gasteiger partial charge in [0.15, 0.2) is 0 Å². The average Bonchev–Trinajstić information content (AvgIpc) is 2.75. The van der Waals surface area contributed by atoms with Crippen LogP contribution in [-0.2, 0) is 11.8 Å². The number of aromatic nitrogens is 2. The van der Waals surface area contributed by atoms with Gasteiger partial charge in [-0.25, -0.2) is 4.79 Å². The summed E-state index contributed by atoms with van der Waals surface area (Å²) in [6, 6.07) is -0.391. The topological polar surface area (TPSA) is 96.3 Å². The number of amides is 2. The van der Waals surface area contributed by atoms with Gasteiger partial charge in [0.05, 0.1) is 16.8 Å². The molecule has 1 aliphatic carbocycles. The zero-order valence-corrected chi connectivity index (χ0v) is 12.5. The summed E-state index contributed by atoms with van der Waals surface area (Å²) in [6.07, 6.45) is 5.82. The van der Waals surface area contributed by atoms with Crippen molar-refractivity contribution >= 4 is 17.7 Å². The van der Waals surface area contributed by atoms with Crippen LogP contribution < -0.4 is 10.6 Å². The molecular weight excluding hydrogens is 272 g/mol. The Labute approximate surface area is 123 Å². The number of hydrogen-bond donors (Lipinski definition) is 3. The minimum atomic E-state index is -0.820. The molecule has 0 saturated heterocycles. The van der Waals surface area contributed by atoms with Crippen molar-refractivity contribution in [2.75, 3.05) is 11.9 Å². The quantitative estimate of drug-likeness (QED) is 0.790. The van der Waals surface area contributed by atoms with Crippen LogP contribution in [-0.4, -0.2) is 33.4 Å². The van der Waals surface area contributed by atoms with Gasteiger partial charge in [-0.15, -0.1) is 0 Å². The summed E-state index contributed by atoms with van der Waals surface area (Å²) in [4.78, 5) is 23.4. The van der Waals surface area contributed by atoms with Crippen molar-refractivity contribution in [2.24, 2.45) is 12.5 Å². The minimum Gasteiger partial charge on any atom is -0.481 e. The number of carbonyl (C=O) groups excluding carboxylic acids is 1. The van der Waals surface area contributed by atoms with Gasteiger partial charge in [-0.2, -0.15) is 5.10 Å². The van der Waals surface area contributed by atoms with Crippen molar-refractivity contribution in [1.82, 2.24) is 15.1 Å². The van der Waals surface area contributed by atoms with Crippen molar-refractivity contribution < 1.29 is 14.7 Å². The van der Waals surface area contributed by atoms with E-state index in [1.54, 1.807) is 24.9 Å². The van der Waals surface area contributed by atoms with Crippen LogP contribution in [0, 0.1) is 12.3 Å². The molecule has 0 spiro atoms.